The number of nitrogens with one attached hydrogen (secondary N) is 2. The van der Waals surface area contributed by atoms with Crippen LogP contribution in [0.15, 0.2) is 18.3 Å². The third-order valence-electron chi connectivity index (χ3n) is 4.46. The molecule has 2 N–H and O–H groups in total. The third-order valence-corrected chi connectivity index (χ3v) is 5.03. The molecule has 1 aliphatic rings. The van der Waals surface area contributed by atoms with Crippen molar-refractivity contribution in [2.45, 2.75) is 39.0 Å². The molecule has 0 aromatic carbocycles. The average Bonchev–Trinajstić information content (AvgIpc) is 2.68. The molecule has 8 nitrogen and oxygen atoms in total. The molecular formula is C18H25N3O5S. The first-order valence-electron chi connectivity index (χ1n) is 8.95. The van der Waals surface area contributed by atoms with Crippen molar-refractivity contribution in [3.05, 3.63) is 23.9 Å². The van der Waals surface area contributed by atoms with Gasteiger partial charge in [0.15, 0.2) is 0 Å². The second-order valence-electron chi connectivity index (χ2n) is 6.34. The van der Waals surface area contributed by atoms with E-state index >= 15 is 0 Å². The number of methoxy groups -OCH3 is 1. The fourth-order valence-electron chi connectivity index (χ4n) is 3.10. The van der Waals surface area contributed by atoms with Crippen LogP contribution in [0.4, 0.5) is 15.4 Å². The van der Waals surface area contributed by atoms with Gasteiger partial charge in [0.25, 0.3) is 0 Å². The fourth-order valence-corrected chi connectivity index (χ4v) is 3.50. The molecule has 1 fully saturated rings. The molecule has 1 aromatic rings. The molecule has 0 spiro atoms. The highest BCUT2D eigenvalue weighted by atomic mass is 32.2. The smallest absolute Gasteiger partial charge is 0.388 e. The fraction of sp³-hybridized carbons (Fsp3) is 0.556. The zero-order chi connectivity index (χ0) is 19.6. The van der Waals surface area contributed by atoms with Crippen molar-refractivity contribution in [1.29, 1.82) is 0 Å². The first kappa shape index (κ1) is 21.0. The minimum Gasteiger partial charge on any atom is -0.469 e. The number of hydrogen-bond donors (Lipinski definition) is 2. The predicted octanol–water partition coefficient (Wildman–Crippen LogP) is 3.53. The van der Waals surface area contributed by atoms with Crippen LogP contribution in [0.1, 0.15) is 38.2 Å². The van der Waals surface area contributed by atoms with Crippen molar-refractivity contribution in [2.24, 2.45) is 11.8 Å². The first-order valence-corrected chi connectivity index (χ1v) is 9.76. The summed E-state index contributed by atoms with van der Waals surface area (Å²) in [6.07, 6.45) is 6.35. The van der Waals surface area contributed by atoms with Gasteiger partial charge in [0, 0.05) is 6.20 Å². The van der Waals surface area contributed by atoms with Crippen LogP contribution >= 0.6 is 11.9 Å². The lowest BCUT2D eigenvalue weighted by Gasteiger charge is -2.26. The Morgan fingerprint density at radius 3 is 2.56 bits per heavy atom. The number of urea groups is 1. The summed E-state index contributed by atoms with van der Waals surface area (Å²) in [5, 5.41) is 1.98. The van der Waals surface area contributed by atoms with Crippen molar-refractivity contribution in [3.63, 3.8) is 0 Å². The van der Waals surface area contributed by atoms with Crippen molar-refractivity contribution < 1.29 is 23.9 Å². The van der Waals surface area contributed by atoms with Gasteiger partial charge in [-0.2, -0.15) is 0 Å². The van der Waals surface area contributed by atoms with Crippen molar-refractivity contribution in [3.8, 4) is 0 Å². The number of rotatable bonds is 5. The van der Waals surface area contributed by atoms with E-state index in [2.05, 4.69) is 15.0 Å². The zero-order valence-electron chi connectivity index (χ0n) is 15.5. The van der Waals surface area contributed by atoms with E-state index in [-0.39, 0.29) is 18.5 Å². The van der Waals surface area contributed by atoms with E-state index in [0.29, 0.717) is 23.7 Å². The molecular weight excluding hydrogens is 370 g/mol. The Hall–Kier alpha value is -2.29. The maximum absolute atomic E-state index is 11.7. The van der Waals surface area contributed by atoms with Gasteiger partial charge in [-0.05, 0) is 56.6 Å². The minimum absolute atomic E-state index is 0.0296. The largest absolute Gasteiger partial charge is 0.469 e. The van der Waals surface area contributed by atoms with Gasteiger partial charge in [0.2, 0.25) is 0 Å². The van der Waals surface area contributed by atoms with Crippen LogP contribution in [0, 0.1) is 11.8 Å². The van der Waals surface area contributed by atoms with Crippen molar-refractivity contribution >= 4 is 35.1 Å². The lowest BCUT2D eigenvalue weighted by molar-refractivity contribution is -0.146. The van der Waals surface area contributed by atoms with Gasteiger partial charge >= 0.3 is 17.3 Å². The topological polar surface area (TPSA) is 107 Å². The molecule has 2 rings (SSSR count). The molecule has 1 saturated carbocycles. The SMILES string of the molecule is CCOC(=O)SNC(=O)Nc1ccc(CC2CCC(C(=O)OC)CC2)cn1. The number of aromatic nitrogens is 1. The van der Waals surface area contributed by atoms with E-state index in [1.165, 1.54) is 7.11 Å². The number of amides is 2. The van der Waals surface area contributed by atoms with Gasteiger partial charge in [-0.1, -0.05) is 6.07 Å². The van der Waals surface area contributed by atoms with Crippen LogP contribution in [-0.4, -0.2) is 36.0 Å². The zero-order valence-corrected chi connectivity index (χ0v) is 16.3. The normalized spacial score (nSPS) is 19.0. The number of nitrogens with zero attached hydrogens (tertiary/aromatic N) is 1. The van der Waals surface area contributed by atoms with Crippen LogP contribution < -0.4 is 10.0 Å². The van der Waals surface area contributed by atoms with Gasteiger partial charge in [-0.3, -0.25) is 14.8 Å². The Labute approximate surface area is 162 Å². The van der Waals surface area contributed by atoms with Crippen molar-refractivity contribution in [2.75, 3.05) is 19.0 Å². The second-order valence-corrected chi connectivity index (χ2v) is 7.08. The molecule has 27 heavy (non-hydrogen) atoms. The molecule has 0 atom stereocenters. The van der Waals surface area contributed by atoms with Gasteiger partial charge in [-0.15, -0.1) is 0 Å². The number of carbonyl (C=O) groups is 3. The summed E-state index contributed by atoms with van der Waals surface area (Å²) in [7, 11) is 1.44. The Morgan fingerprint density at radius 2 is 1.96 bits per heavy atom. The maximum Gasteiger partial charge on any atom is 0.388 e. The molecule has 2 amide bonds. The summed E-state index contributed by atoms with van der Waals surface area (Å²) in [5.41, 5.74) is 1.09. The monoisotopic (exact) mass is 395 g/mol. The van der Waals surface area contributed by atoms with E-state index in [0.717, 1.165) is 37.7 Å². The number of esters is 1. The van der Waals surface area contributed by atoms with Crippen LogP contribution in [0.25, 0.3) is 0 Å². The number of hydrogen-bond acceptors (Lipinski definition) is 7. The standard InChI is InChI=1S/C18H25N3O5S/c1-3-26-18(24)27-21-17(23)20-15-9-6-13(11-19-15)10-12-4-7-14(8-5-12)16(22)25-2/h6,9,11-12,14H,3-5,7-8,10H2,1-2H3,(H2,19,20,21,23). The van der Waals surface area contributed by atoms with Gasteiger partial charge in [-0.25, -0.2) is 14.6 Å². The molecule has 1 aliphatic carbocycles. The summed E-state index contributed by atoms with van der Waals surface area (Å²) < 4.78 is 11.8. The molecule has 0 bridgehead atoms. The molecule has 9 heteroatoms. The highest BCUT2D eigenvalue weighted by Crippen LogP contribution is 2.31. The highest BCUT2D eigenvalue weighted by molar-refractivity contribution is 8.12. The van der Waals surface area contributed by atoms with Gasteiger partial charge in [0.1, 0.15) is 5.82 Å². The summed E-state index contributed by atoms with van der Waals surface area (Å²) in [6.45, 7) is 1.94. The Bertz CT molecular complexity index is 645. The Kier molecular flexibility index (Phi) is 8.38. The van der Waals surface area contributed by atoms with Crippen molar-refractivity contribution in [1.82, 2.24) is 9.71 Å². The molecule has 0 radical (unpaired) electrons. The van der Waals surface area contributed by atoms with Crippen LogP contribution in [0.3, 0.4) is 0 Å². The van der Waals surface area contributed by atoms with E-state index in [4.69, 9.17) is 9.47 Å². The van der Waals surface area contributed by atoms with Crippen LogP contribution in [-0.2, 0) is 20.7 Å². The lowest BCUT2D eigenvalue weighted by atomic mass is 9.79. The second kappa shape index (κ2) is 10.8. The van der Waals surface area contributed by atoms with Crippen LogP contribution in [0.5, 0.6) is 0 Å². The van der Waals surface area contributed by atoms with E-state index < -0.39 is 11.3 Å². The molecule has 0 saturated heterocycles. The highest BCUT2D eigenvalue weighted by Gasteiger charge is 2.26. The summed E-state index contributed by atoms with van der Waals surface area (Å²) in [6, 6.07) is 3.10. The predicted molar refractivity (Wildman–Crippen MR) is 102 cm³/mol. The number of anilines is 1. The van der Waals surface area contributed by atoms with Gasteiger partial charge in [0.05, 0.1) is 31.6 Å². The lowest BCUT2D eigenvalue weighted by Crippen LogP contribution is -2.25. The van der Waals surface area contributed by atoms with Gasteiger partial charge < -0.3 is 9.47 Å². The number of carbonyl (C=O) groups excluding carboxylic acids is 3. The maximum atomic E-state index is 11.7. The molecule has 148 valence electrons. The number of ether oxygens (including phenoxy) is 2. The third kappa shape index (κ3) is 7.09. The summed E-state index contributed by atoms with van der Waals surface area (Å²) >= 11 is 0.575. The van der Waals surface area contributed by atoms with E-state index in [9.17, 15) is 14.4 Å². The summed E-state index contributed by atoms with van der Waals surface area (Å²) in [5.74, 6) is 0.845. The van der Waals surface area contributed by atoms with E-state index in [1.807, 2.05) is 6.07 Å². The number of pyridine rings is 1. The molecule has 0 unspecified atom stereocenters. The Morgan fingerprint density at radius 1 is 1.22 bits per heavy atom. The molecule has 0 aliphatic heterocycles. The summed E-state index contributed by atoms with van der Waals surface area (Å²) in [4.78, 5) is 38.7. The molecule has 1 heterocycles. The molecule has 1 aromatic heterocycles. The quantitative estimate of drug-likeness (QED) is 0.580. The Balaban J connectivity index is 1.74. The average molecular weight is 395 g/mol. The first-order chi connectivity index (χ1) is 13.0. The van der Waals surface area contributed by atoms with Crippen LogP contribution in [0.2, 0.25) is 0 Å². The minimum atomic E-state index is -0.571. The van der Waals surface area contributed by atoms with E-state index in [1.54, 1.807) is 19.2 Å².